The van der Waals surface area contributed by atoms with Crippen molar-refractivity contribution in [3.8, 4) is 18.1 Å². The molecule has 0 spiro atoms. The van der Waals surface area contributed by atoms with Crippen molar-refractivity contribution in [2.24, 2.45) is 0 Å². The normalized spacial score (nSPS) is 8.92. The highest BCUT2D eigenvalue weighted by Crippen LogP contribution is 2.02. The van der Waals surface area contributed by atoms with Gasteiger partial charge in [-0.25, -0.2) is 0 Å². The topological polar surface area (TPSA) is 26.3 Å². The van der Waals surface area contributed by atoms with Gasteiger partial charge in [-0.15, -0.1) is 6.42 Å². The molecule has 0 atom stereocenters. The smallest absolute Gasteiger partial charge is 0.223 e. The summed E-state index contributed by atoms with van der Waals surface area (Å²) in [7, 11) is 0. The molecule has 1 rings (SSSR count). The van der Waals surface area contributed by atoms with Gasteiger partial charge in [-0.05, 0) is 13.0 Å². The lowest BCUT2D eigenvalue weighted by Crippen LogP contribution is -2.07. The molecule has 13 heavy (non-hydrogen) atoms. The van der Waals surface area contributed by atoms with Gasteiger partial charge in [0.15, 0.2) is 5.75 Å². The third kappa shape index (κ3) is 2.34. The van der Waals surface area contributed by atoms with E-state index < -0.39 is 0 Å². The molecule has 0 amide bonds. The quantitative estimate of drug-likeness (QED) is 0.633. The SMILES string of the molecule is C#CCOc1ccccc(C)c1=O. The molecule has 0 heterocycles. The minimum Gasteiger partial charge on any atom is -0.477 e. The maximum absolute atomic E-state index is 11.5. The largest absolute Gasteiger partial charge is 0.477 e. The summed E-state index contributed by atoms with van der Waals surface area (Å²) in [5, 5.41) is 0. The lowest BCUT2D eigenvalue weighted by Gasteiger charge is -1.96. The monoisotopic (exact) mass is 174 g/mol. The molecule has 1 aromatic rings. The second kappa shape index (κ2) is 4.32. The number of ether oxygens (including phenoxy) is 1. The van der Waals surface area contributed by atoms with Crippen LogP contribution < -0.4 is 10.2 Å². The molecule has 66 valence electrons. The van der Waals surface area contributed by atoms with Crippen molar-refractivity contribution < 1.29 is 4.74 Å². The molecular weight excluding hydrogens is 164 g/mol. The second-order valence-electron chi connectivity index (χ2n) is 2.59. The second-order valence-corrected chi connectivity index (χ2v) is 2.59. The molecule has 0 aliphatic carbocycles. The van der Waals surface area contributed by atoms with Crippen LogP contribution in [0.25, 0.3) is 0 Å². The van der Waals surface area contributed by atoms with Crippen LogP contribution in [0, 0.1) is 19.3 Å². The maximum atomic E-state index is 11.5. The van der Waals surface area contributed by atoms with E-state index in [1.165, 1.54) is 0 Å². The molecule has 0 aromatic heterocycles. The van der Waals surface area contributed by atoms with Crippen molar-refractivity contribution in [3.63, 3.8) is 0 Å². The molecule has 1 aromatic carbocycles. The summed E-state index contributed by atoms with van der Waals surface area (Å²) in [6.45, 7) is 1.86. The average Bonchev–Trinajstić information content (AvgIpc) is 2.28. The summed E-state index contributed by atoms with van der Waals surface area (Å²) in [5.74, 6) is 2.62. The van der Waals surface area contributed by atoms with Crippen molar-refractivity contribution >= 4 is 0 Å². The summed E-state index contributed by atoms with van der Waals surface area (Å²) < 4.78 is 5.08. The van der Waals surface area contributed by atoms with Gasteiger partial charge >= 0.3 is 0 Å². The predicted molar refractivity (Wildman–Crippen MR) is 51.8 cm³/mol. The van der Waals surface area contributed by atoms with E-state index >= 15 is 0 Å². The molecule has 0 N–H and O–H groups in total. The van der Waals surface area contributed by atoms with Gasteiger partial charge in [0, 0.05) is 5.56 Å². The molecule has 0 saturated heterocycles. The fourth-order valence-corrected chi connectivity index (χ4v) is 0.922. The first-order chi connectivity index (χ1) is 6.25. The van der Waals surface area contributed by atoms with E-state index in [1.807, 2.05) is 0 Å². The molecule has 0 saturated carbocycles. The van der Waals surface area contributed by atoms with E-state index in [-0.39, 0.29) is 12.0 Å². The highest BCUT2D eigenvalue weighted by Gasteiger charge is 1.98. The van der Waals surface area contributed by atoms with E-state index in [1.54, 1.807) is 31.2 Å². The molecule has 0 aliphatic rings. The first kappa shape index (κ1) is 9.34. The fraction of sp³-hybridized carbons (Fsp3) is 0.182. The van der Waals surface area contributed by atoms with Gasteiger partial charge in [0.05, 0.1) is 0 Å². The summed E-state index contributed by atoms with van der Waals surface area (Å²) in [6, 6.07) is 6.90. The molecule has 0 unspecified atom stereocenters. The molecule has 0 aliphatic heterocycles. The van der Waals surface area contributed by atoms with Crippen LogP contribution in [-0.4, -0.2) is 6.61 Å². The molecule has 0 radical (unpaired) electrons. The third-order valence-corrected chi connectivity index (χ3v) is 1.60. The zero-order valence-electron chi connectivity index (χ0n) is 7.41. The van der Waals surface area contributed by atoms with Crippen LogP contribution in [-0.2, 0) is 0 Å². The predicted octanol–water partition coefficient (Wildman–Crippen LogP) is 1.37. The summed E-state index contributed by atoms with van der Waals surface area (Å²) in [4.78, 5) is 11.5. The van der Waals surface area contributed by atoms with E-state index in [2.05, 4.69) is 5.92 Å². The minimum absolute atomic E-state index is 0.111. The highest BCUT2D eigenvalue weighted by molar-refractivity contribution is 5.26. The van der Waals surface area contributed by atoms with E-state index in [4.69, 9.17) is 11.2 Å². The van der Waals surface area contributed by atoms with Gasteiger partial charge in [-0.2, -0.15) is 0 Å². The van der Waals surface area contributed by atoms with Gasteiger partial charge in [0.1, 0.15) is 6.61 Å². The van der Waals surface area contributed by atoms with Crippen molar-refractivity contribution in [1.29, 1.82) is 0 Å². The van der Waals surface area contributed by atoms with Crippen LogP contribution >= 0.6 is 0 Å². The Bertz CT molecular complexity index is 388. The Hall–Kier alpha value is -1.75. The number of hydrogen-bond donors (Lipinski definition) is 0. The number of rotatable bonds is 2. The van der Waals surface area contributed by atoms with Crippen molar-refractivity contribution in [2.45, 2.75) is 6.92 Å². The van der Waals surface area contributed by atoms with Crippen LogP contribution in [0.5, 0.6) is 5.75 Å². The Kier molecular flexibility index (Phi) is 3.10. The summed E-state index contributed by atoms with van der Waals surface area (Å²) >= 11 is 0. The fourth-order valence-electron chi connectivity index (χ4n) is 0.922. The van der Waals surface area contributed by atoms with Crippen LogP contribution in [0.3, 0.4) is 0 Å². The van der Waals surface area contributed by atoms with Crippen LogP contribution in [0.2, 0.25) is 0 Å². The Morgan fingerprint density at radius 2 is 2.15 bits per heavy atom. The van der Waals surface area contributed by atoms with E-state index in [0.717, 1.165) is 0 Å². The Morgan fingerprint density at radius 3 is 2.85 bits per heavy atom. The minimum atomic E-state index is -0.111. The summed E-state index contributed by atoms with van der Waals surface area (Å²) in [5.41, 5.74) is 0.539. The van der Waals surface area contributed by atoms with Crippen LogP contribution in [0.15, 0.2) is 29.1 Å². The first-order valence-corrected chi connectivity index (χ1v) is 3.92. The van der Waals surface area contributed by atoms with Crippen LogP contribution in [0.4, 0.5) is 0 Å². The van der Waals surface area contributed by atoms with Gasteiger partial charge < -0.3 is 4.74 Å². The van der Waals surface area contributed by atoms with Crippen LogP contribution in [0.1, 0.15) is 5.56 Å². The number of aryl methyl sites for hydroxylation is 1. The Labute approximate surface area is 77.2 Å². The van der Waals surface area contributed by atoms with E-state index in [0.29, 0.717) is 11.3 Å². The number of terminal acetylenes is 1. The zero-order valence-corrected chi connectivity index (χ0v) is 7.41. The first-order valence-electron chi connectivity index (χ1n) is 3.92. The van der Waals surface area contributed by atoms with E-state index in [9.17, 15) is 4.79 Å². The van der Waals surface area contributed by atoms with Crippen molar-refractivity contribution in [3.05, 3.63) is 40.1 Å². The van der Waals surface area contributed by atoms with Gasteiger partial charge in [0.2, 0.25) is 5.43 Å². The maximum Gasteiger partial charge on any atom is 0.223 e. The third-order valence-electron chi connectivity index (χ3n) is 1.60. The standard InChI is InChI=1S/C11H10O2/c1-3-8-13-10-7-5-4-6-9(2)11(10)12/h1,4-7H,8H2,2H3. The summed E-state index contributed by atoms with van der Waals surface area (Å²) in [6.07, 6.45) is 5.02. The van der Waals surface area contributed by atoms with Crippen molar-refractivity contribution in [2.75, 3.05) is 6.61 Å². The molecule has 0 fully saturated rings. The lowest BCUT2D eigenvalue weighted by atomic mass is 10.3. The number of hydrogen-bond acceptors (Lipinski definition) is 2. The molecule has 0 bridgehead atoms. The zero-order chi connectivity index (χ0) is 9.68. The molecule has 2 heteroatoms. The average molecular weight is 174 g/mol. The lowest BCUT2D eigenvalue weighted by molar-refractivity contribution is 0.367. The van der Waals surface area contributed by atoms with Gasteiger partial charge in [-0.1, -0.05) is 24.1 Å². The highest BCUT2D eigenvalue weighted by atomic mass is 16.5. The van der Waals surface area contributed by atoms with Gasteiger partial charge in [-0.3, -0.25) is 4.79 Å². The van der Waals surface area contributed by atoms with Gasteiger partial charge in [0.25, 0.3) is 0 Å². The Morgan fingerprint density at radius 1 is 1.46 bits per heavy atom. The van der Waals surface area contributed by atoms with Crippen molar-refractivity contribution in [1.82, 2.24) is 0 Å². The molecule has 2 nitrogen and oxygen atoms in total. The Balaban J connectivity index is 3.11. The molecular formula is C11H10O2.